The maximum atomic E-state index is 10.5. The normalized spacial score (nSPS) is 8.73. The first-order valence-electron chi connectivity index (χ1n) is 2.54. The fourth-order valence-electron chi connectivity index (χ4n) is 0.310. The first-order valence-corrected chi connectivity index (χ1v) is 3.52. The lowest BCUT2D eigenvalue weighted by Gasteiger charge is -1.96. The van der Waals surface area contributed by atoms with Gasteiger partial charge in [0.2, 0.25) is 5.91 Å². The van der Waals surface area contributed by atoms with E-state index in [-0.39, 0.29) is 5.75 Å². The lowest BCUT2D eigenvalue weighted by molar-refractivity contribution is -0.117. The van der Waals surface area contributed by atoms with E-state index in [1.165, 1.54) is 0 Å². The van der Waals surface area contributed by atoms with Gasteiger partial charge in [-0.25, -0.2) is 4.79 Å². The molecular weight excluding hydrogens is 170 g/mol. The highest BCUT2D eigenvalue weighted by atomic mass is 32.2. The van der Waals surface area contributed by atoms with E-state index in [0.717, 1.165) is 0 Å². The highest BCUT2D eigenvalue weighted by molar-refractivity contribution is 8.14. The minimum Gasteiger partial charge on any atom is -0.361 e. The van der Waals surface area contributed by atoms with Crippen LogP contribution in [-0.2, 0) is 4.79 Å². The molecule has 0 unspecified atom stereocenters. The van der Waals surface area contributed by atoms with Gasteiger partial charge < -0.3 is 11.5 Å². The number of hydrogen-bond donors (Lipinski definition) is 3. The number of hydrogen-bond acceptors (Lipinski definition) is 4. The summed E-state index contributed by atoms with van der Waals surface area (Å²) in [4.78, 5) is 30.6. The minimum absolute atomic E-state index is 0.196. The maximum Gasteiger partial charge on any atom is 0.318 e. The largest absolute Gasteiger partial charge is 0.361 e. The molecule has 0 aromatic carbocycles. The molecule has 0 aliphatic heterocycles. The Hall–Kier alpha value is -1.24. The lowest BCUT2D eigenvalue weighted by atomic mass is 10.7. The van der Waals surface area contributed by atoms with Gasteiger partial charge in [-0.2, -0.15) is 0 Å². The van der Waals surface area contributed by atoms with Crippen LogP contribution in [0.4, 0.5) is 9.59 Å². The first kappa shape index (κ1) is 9.76. The van der Waals surface area contributed by atoms with E-state index in [4.69, 9.17) is 5.73 Å². The fraction of sp³-hybridized carbons (Fsp3) is 0.250. The molecule has 0 saturated carbocycles. The van der Waals surface area contributed by atoms with Crippen molar-refractivity contribution in [3.8, 4) is 0 Å². The molecule has 0 rings (SSSR count). The molecule has 0 saturated heterocycles. The van der Waals surface area contributed by atoms with Crippen LogP contribution in [0.1, 0.15) is 0 Å². The van der Waals surface area contributed by atoms with Crippen molar-refractivity contribution in [3.63, 3.8) is 0 Å². The molecule has 0 aromatic rings. The highest BCUT2D eigenvalue weighted by Crippen LogP contribution is 1.96. The zero-order valence-electron chi connectivity index (χ0n) is 5.49. The molecule has 7 heteroatoms. The Morgan fingerprint density at radius 2 is 1.82 bits per heavy atom. The summed E-state index contributed by atoms with van der Waals surface area (Å²) < 4.78 is 0. The third-order valence-corrected chi connectivity index (χ3v) is 1.30. The molecule has 0 heterocycles. The van der Waals surface area contributed by atoms with E-state index in [2.05, 4.69) is 5.73 Å². The molecule has 0 radical (unpaired) electrons. The topological polar surface area (TPSA) is 115 Å². The Labute approximate surface area is 66.7 Å². The smallest absolute Gasteiger partial charge is 0.318 e. The van der Waals surface area contributed by atoms with Crippen molar-refractivity contribution in [2.24, 2.45) is 11.5 Å². The molecule has 0 bridgehead atoms. The summed E-state index contributed by atoms with van der Waals surface area (Å²) in [5.74, 6) is -0.834. The molecule has 62 valence electrons. The number of nitrogens with one attached hydrogen (secondary N) is 1. The summed E-state index contributed by atoms with van der Waals surface area (Å²) >= 11 is 0.600. The molecule has 6 nitrogen and oxygen atoms in total. The molecule has 0 aromatic heterocycles. The predicted octanol–water partition coefficient (Wildman–Crippen LogP) is -1.01. The van der Waals surface area contributed by atoms with E-state index in [9.17, 15) is 14.4 Å². The number of thioether (sulfide) groups is 1. The van der Waals surface area contributed by atoms with Crippen molar-refractivity contribution < 1.29 is 14.4 Å². The second-order valence-electron chi connectivity index (χ2n) is 1.52. The number of imide groups is 1. The van der Waals surface area contributed by atoms with Gasteiger partial charge in [-0.3, -0.25) is 14.9 Å². The van der Waals surface area contributed by atoms with Crippen LogP contribution in [0.25, 0.3) is 0 Å². The van der Waals surface area contributed by atoms with Crippen LogP contribution in [0.15, 0.2) is 0 Å². The van der Waals surface area contributed by atoms with Crippen molar-refractivity contribution in [3.05, 3.63) is 0 Å². The monoisotopic (exact) mass is 177 g/mol. The zero-order chi connectivity index (χ0) is 8.85. The van der Waals surface area contributed by atoms with E-state index < -0.39 is 17.2 Å². The van der Waals surface area contributed by atoms with E-state index >= 15 is 0 Å². The van der Waals surface area contributed by atoms with Crippen LogP contribution in [0.3, 0.4) is 0 Å². The summed E-state index contributed by atoms with van der Waals surface area (Å²) in [6.07, 6.45) is 0. The highest BCUT2D eigenvalue weighted by Gasteiger charge is 2.05. The standard InChI is InChI=1S/C4H7N3O3S/c5-3(9)7-2(8)1-11-4(6)10/h1H2,(H2,6,10)(H3,5,7,8,9). The number of urea groups is 1. The van der Waals surface area contributed by atoms with E-state index in [1.54, 1.807) is 5.32 Å². The van der Waals surface area contributed by atoms with Crippen molar-refractivity contribution in [2.75, 3.05) is 5.75 Å². The van der Waals surface area contributed by atoms with Gasteiger partial charge in [-0.15, -0.1) is 0 Å². The molecule has 5 N–H and O–H groups in total. The number of nitrogens with two attached hydrogens (primary N) is 2. The molecule has 11 heavy (non-hydrogen) atoms. The van der Waals surface area contributed by atoms with Crippen LogP contribution in [0.2, 0.25) is 0 Å². The number of rotatable bonds is 2. The van der Waals surface area contributed by atoms with Gasteiger partial charge >= 0.3 is 6.03 Å². The summed E-state index contributed by atoms with van der Waals surface area (Å²) in [6, 6.07) is -0.944. The second-order valence-corrected chi connectivity index (χ2v) is 2.50. The summed E-state index contributed by atoms with van der Waals surface area (Å²) in [5.41, 5.74) is 9.30. The Bertz CT molecular complexity index is 193. The second kappa shape index (κ2) is 4.56. The van der Waals surface area contributed by atoms with Gasteiger partial charge in [-0.1, -0.05) is 11.8 Å². The van der Waals surface area contributed by atoms with Gasteiger partial charge in [-0.05, 0) is 0 Å². The minimum atomic E-state index is -0.944. The average Bonchev–Trinajstić information content (AvgIpc) is 1.82. The Morgan fingerprint density at radius 1 is 1.27 bits per heavy atom. The molecule has 0 aliphatic carbocycles. The number of amides is 4. The molecule has 4 amide bonds. The van der Waals surface area contributed by atoms with Crippen LogP contribution in [0, 0.1) is 0 Å². The predicted molar refractivity (Wildman–Crippen MR) is 39.8 cm³/mol. The quantitative estimate of drug-likeness (QED) is 0.501. The average molecular weight is 177 g/mol. The third-order valence-electron chi connectivity index (χ3n) is 0.608. The molecule has 0 spiro atoms. The van der Waals surface area contributed by atoms with Crippen LogP contribution in [-0.4, -0.2) is 22.9 Å². The third kappa shape index (κ3) is 6.65. The Morgan fingerprint density at radius 3 is 2.18 bits per heavy atom. The van der Waals surface area contributed by atoms with Gasteiger partial charge in [0.1, 0.15) is 0 Å². The molecule has 0 fully saturated rings. The fourth-order valence-corrected chi connectivity index (χ4v) is 0.656. The maximum absolute atomic E-state index is 10.5. The summed E-state index contributed by atoms with van der Waals surface area (Å²) in [5, 5.41) is 1.09. The number of carbonyl (C=O) groups is 3. The van der Waals surface area contributed by atoms with Crippen molar-refractivity contribution >= 4 is 28.9 Å². The van der Waals surface area contributed by atoms with Gasteiger partial charge in [0.05, 0.1) is 5.75 Å². The van der Waals surface area contributed by atoms with Gasteiger partial charge in [0.25, 0.3) is 5.24 Å². The first-order chi connectivity index (χ1) is 5.02. The number of carbonyl (C=O) groups excluding carboxylic acids is 3. The lowest BCUT2D eigenvalue weighted by Crippen LogP contribution is -2.36. The zero-order valence-corrected chi connectivity index (χ0v) is 6.31. The Balaban J connectivity index is 3.53. The van der Waals surface area contributed by atoms with Crippen molar-refractivity contribution in [2.45, 2.75) is 0 Å². The SMILES string of the molecule is NC(=O)NC(=O)CSC(N)=O. The van der Waals surface area contributed by atoms with Crippen LogP contribution < -0.4 is 16.8 Å². The van der Waals surface area contributed by atoms with Gasteiger partial charge in [0.15, 0.2) is 0 Å². The van der Waals surface area contributed by atoms with Gasteiger partial charge in [0, 0.05) is 0 Å². The van der Waals surface area contributed by atoms with Crippen LogP contribution in [0.5, 0.6) is 0 Å². The molecule has 0 atom stereocenters. The van der Waals surface area contributed by atoms with Crippen molar-refractivity contribution in [1.82, 2.24) is 5.32 Å². The van der Waals surface area contributed by atoms with E-state index in [1.807, 2.05) is 0 Å². The summed E-state index contributed by atoms with van der Waals surface area (Å²) in [6.45, 7) is 0. The van der Waals surface area contributed by atoms with Crippen molar-refractivity contribution in [1.29, 1.82) is 0 Å². The number of primary amides is 2. The Kier molecular flexibility index (Phi) is 4.04. The van der Waals surface area contributed by atoms with Crippen LogP contribution >= 0.6 is 11.8 Å². The molecule has 0 aliphatic rings. The van der Waals surface area contributed by atoms with E-state index in [0.29, 0.717) is 11.8 Å². The summed E-state index contributed by atoms with van der Waals surface area (Å²) in [7, 11) is 0. The molecular formula is C4H7N3O3S.